The summed E-state index contributed by atoms with van der Waals surface area (Å²) in [4.78, 5) is 28.2. The van der Waals surface area contributed by atoms with Crippen LogP contribution < -0.4 is 9.64 Å². The number of anilines is 1. The van der Waals surface area contributed by atoms with E-state index in [0.29, 0.717) is 32.7 Å². The Morgan fingerprint density at radius 1 is 1.15 bits per heavy atom. The lowest BCUT2D eigenvalue weighted by molar-refractivity contribution is -0.132. The van der Waals surface area contributed by atoms with Crippen molar-refractivity contribution in [2.75, 3.05) is 4.90 Å². The van der Waals surface area contributed by atoms with Crippen LogP contribution in [0.15, 0.2) is 76.6 Å². The Balaban J connectivity index is 1.38. The highest BCUT2D eigenvalue weighted by molar-refractivity contribution is 8.00. The molecule has 0 radical (unpaired) electrons. The third kappa shape index (κ3) is 4.98. The quantitative estimate of drug-likeness (QED) is 0.0888. The predicted octanol–water partition coefficient (Wildman–Crippen LogP) is 6.57. The monoisotopic (exact) mass is 593 g/mol. The number of aliphatic hydroxyl groups excluding tert-OH is 1. The summed E-state index contributed by atoms with van der Waals surface area (Å²) < 4.78 is 19.6. The Morgan fingerprint density at radius 3 is 2.73 bits per heavy atom. The second-order valence-electron chi connectivity index (χ2n) is 9.44. The van der Waals surface area contributed by atoms with Gasteiger partial charge in [0.15, 0.2) is 4.34 Å². The number of aliphatic hydroxyl groups is 1. The number of benzene rings is 3. The standard InChI is InChI=1S/C29H21ClFN3O4S2/c1-15-11-19-12-18(7-10-22(19)38-15)25(35)23-24(17-3-2-4-20(30)13-17)34(27(37)26(23)36)28-32-33-29(40-28)39-14-16-5-8-21(31)9-6-16/h2-10,12-13,15,24,35H,11,14H2,1H3/b25-23+/t15-,24+/m1/s1. The van der Waals surface area contributed by atoms with Gasteiger partial charge in [0.2, 0.25) is 5.13 Å². The van der Waals surface area contributed by atoms with E-state index in [1.807, 2.05) is 6.92 Å². The minimum Gasteiger partial charge on any atom is -0.507 e. The van der Waals surface area contributed by atoms with Gasteiger partial charge < -0.3 is 9.84 Å². The van der Waals surface area contributed by atoms with Gasteiger partial charge in [-0.15, -0.1) is 10.2 Å². The largest absolute Gasteiger partial charge is 0.507 e. The van der Waals surface area contributed by atoms with Crippen LogP contribution in [-0.2, 0) is 21.8 Å². The average molecular weight is 594 g/mol. The van der Waals surface area contributed by atoms with Gasteiger partial charge in [-0.2, -0.15) is 0 Å². The molecule has 2 aliphatic rings. The number of ether oxygens (including phenoxy) is 1. The fourth-order valence-corrected chi connectivity index (χ4v) is 6.85. The van der Waals surface area contributed by atoms with Crippen LogP contribution in [0.25, 0.3) is 5.76 Å². The van der Waals surface area contributed by atoms with Crippen LogP contribution in [0.1, 0.15) is 35.2 Å². The van der Waals surface area contributed by atoms with Crippen LogP contribution in [0.2, 0.25) is 5.02 Å². The third-order valence-corrected chi connectivity index (χ3v) is 9.02. The second-order valence-corrected chi connectivity index (χ2v) is 12.1. The lowest BCUT2D eigenvalue weighted by Gasteiger charge is -2.22. The fraction of sp³-hybridized carbons (Fsp3) is 0.172. The second kappa shape index (κ2) is 10.7. The van der Waals surface area contributed by atoms with Gasteiger partial charge >= 0.3 is 5.91 Å². The van der Waals surface area contributed by atoms with Gasteiger partial charge in [0.1, 0.15) is 23.4 Å². The van der Waals surface area contributed by atoms with Gasteiger partial charge in [0, 0.05) is 22.8 Å². The molecule has 202 valence electrons. The normalized spacial score (nSPS) is 19.6. The summed E-state index contributed by atoms with van der Waals surface area (Å²) in [6.07, 6.45) is 0.683. The number of hydrogen-bond acceptors (Lipinski definition) is 8. The van der Waals surface area contributed by atoms with Gasteiger partial charge in [0.25, 0.3) is 5.78 Å². The van der Waals surface area contributed by atoms with E-state index in [1.54, 1.807) is 54.6 Å². The van der Waals surface area contributed by atoms with Gasteiger partial charge in [-0.3, -0.25) is 14.5 Å². The van der Waals surface area contributed by atoms with Crippen molar-refractivity contribution in [2.45, 2.75) is 35.6 Å². The molecule has 0 bridgehead atoms. The van der Waals surface area contributed by atoms with Gasteiger partial charge in [-0.05, 0) is 66.1 Å². The minimum absolute atomic E-state index is 0.0111. The molecule has 6 rings (SSSR count). The molecule has 0 unspecified atom stereocenters. The van der Waals surface area contributed by atoms with Crippen LogP contribution in [0.4, 0.5) is 9.52 Å². The summed E-state index contributed by atoms with van der Waals surface area (Å²) in [5.74, 6) is -1.00. The molecule has 1 amide bonds. The number of carbonyl (C=O) groups is 2. The maximum atomic E-state index is 13.5. The zero-order chi connectivity index (χ0) is 28.0. The zero-order valence-electron chi connectivity index (χ0n) is 21.0. The molecular weight excluding hydrogens is 573 g/mol. The molecule has 0 aliphatic carbocycles. The number of aromatic nitrogens is 2. The molecule has 3 heterocycles. The first-order chi connectivity index (χ1) is 19.3. The molecule has 0 spiro atoms. The van der Waals surface area contributed by atoms with E-state index in [-0.39, 0.29) is 28.4 Å². The predicted molar refractivity (Wildman–Crippen MR) is 152 cm³/mol. The topological polar surface area (TPSA) is 92.6 Å². The van der Waals surface area contributed by atoms with Crippen molar-refractivity contribution in [1.29, 1.82) is 0 Å². The van der Waals surface area contributed by atoms with Crippen molar-refractivity contribution in [1.82, 2.24) is 10.2 Å². The molecule has 2 atom stereocenters. The molecule has 11 heteroatoms. The zero-order valence-corrected chi connectivity index (χ0v) is 23.4. The molecule has 0 saturated carbocycles. The molecule has 1 saturated heterocycles. The number of halogens is 2. The van der Waals surface area contributed by atoms with Crippen molar-refractivity contribution in [3.63, 3.8) is 0 Å². The highest BCUT2D eigenvalue weighted by Gasteiger charge is 2.48. The number of amides is 1. The number of carbonyl (C=O) groups excluding carboxylic acids is 2. The molecule has 1 aromatic heterocycles. The average Bonchev–Trinajstić information content (AvgIpc) is 3.63. The maximum Gasteiger partial charge on any atom is 0.301 e. The number of fused-ring (bicyclic) bond motifs is 1. The minimum atomic E-state index is -0.968. The van der Waals surface area contributed by atoms with Crippen LogP contribution in [0.3, 0.4) is 0 Å². The summed E-state index contributed by atoms with van der Waals surface area (Å²) in [7, 11) is 0. The van der Waals surface area contributed by atoms with E-state index >= 15 is 0 Å². The Kier molecular flexibility index (Phi) is 7.07. The van der Waals surface area contributed by atoms with Gasteiger partial charge in [-0.1, -0.05) is 59.0 Å². The summed E-state index contributed by atoms with van der Waals surface area (Å²) in [5.41, 5.74) is 2.71. The highest BCUT2D eigenvalue weighted by atomic mass is 35.5. The molecule has 40 heavy (non-hydrogen) atoms. The summed E-state index contributed by atoms with van der Waals surface area (Å²) in [5, 5.41) is 20.5. The molecular formula is C29H21ClFN3O4S2. The lowest BCUT2D eigenvalue weighted by Crippen LogP contribution is -2.29. The molecule has 4 aromatic rings. The Morgan fingerprint density at radius 2 is 1.95 bits per heavy atom. The van der Waals surface area contributed by atoms with Crippen molar-refractivity contribution in [3.8, 4) is 5.75 Å². The maximum absolute atomic E-state index is 13.5. The van der Waals surface area contributed by atoms with E-state index in [2.05, 4.69) is 10.2 Å². The first-order valence-electron chi connectivity index (χ1n) is 12.4. The van der Waals surface area contributed by atoms with E-state index in [4.69, 9.17) is 16.3 Å². The number of rotatable bonds is 6. The van der Waals surface area contributed by atoms with Crippen LogP contribution in [-0.4, -0.2) is 33.1 Å². The third-order valence-electron chi connectivity index (χ3n) is 6.66. The lowest BCUT2D eigenvalue weighted by atomic mass is 9.94. The summed E-state index contributed by atoms with van der Waals surface area (Å²) >= 11 is 8.83. The van der Waals surface area contributed by atoms with Gasteiger partial charge in [-0.25, -0.2) is 4.39 Å². The number of hydrogen-bond donors (Lipinski definition) is 1. The SMILES string of the molecule is C[C@@H]1Cc2cc(/C(O)=C3\C(=O)C(=O)N(c4nnc(SCc5ccc(F)cc5)s4)[C@H]3c3cccc(Cl)c3)ccc2O1. The molecule has 1 fully saturated rings. The molecule has 3 aromatic carbocycles. The van der Waals surface area contributed by atoms with E-state index in [0.717, 1.165) is 28.2 Å². The Bertz CT molecular complexity index is 1670. The summed E-state index contributed by atoms with van der Waals surface area (Å²) in [6.45, 7) is 1.96. The molecule has 7 nitrogen and oxygen atoms in total. The van der Waals surface area contributed by atoms with Crippen LogP contribution in [0.5, 0.6) is 5.75 Å². The Hall–Kier alpha value is -3.73. The van der Waals surface area contributed by atoms with Gasteiger partial charge in [0.05, 0.1) is 11.6 Å². The number of ketones is 1. The number of thioether (sulfide) groups is 1. The van der Waals surface area contributed by atoms with Crippen molar-refractivity contribution >= 4 is 57.3 Å². The van der Waals surface area contributed by atoms with Crippen molar-refractivity contribution in [2.24, 2.45) is 0 Å². The number of Topliss-reactive ketones (excluding diaryl/α,β-unsaturated/α-hetero) is 1. The first kappa shape index (κ1) is 26.5. The molecule has 1 N–H and O–H groups in total. The van der Waals surface area contributed by atoms with Crippen molar-refractivity contribution in [3.05, 3.63) is 105 Å². The summed E-state index contributed by atoms with van der Waals surface area (Å²) in [6, 6.07) is 17.2. The Labute approximate surface area is 242 Å². The van der Waals surface area contributed by atoms with E-state index in [9.17, 15) is 19.1 Å². The first-order valence-corrected chi connectivity index (χ1v) is 14.5. The van der Waals surface area contributed by atoms with Crippen LogP contribution >= 0.6 is 34.7 Å². The highest BCUT2D eigenvalue weighted by Crippen LogP contribution is 2.45. The van der Waals surface area contributed by atoms with E-state index < -0.39 is 17.7 Å². The smallest absolute Gasteiger partial charge is 0.301 e. The number of nitrogens with zero attached hydrogens (tertiary/aromatic N) is 3. The fourth-order valence-electron chi connectivity index (χ4n) is 4.83. The van der Waals surface area contributed by atoms with Crippen molar-refractivity contribution < 1.29 is 23.8 Å². The van der Waals surface area contributed by atoms with Crippen LogP contribution in [0, 0.1) is 5.82 Å². The van der Waals surface area contributed by atoms with E-state index in [1.165, 1.54) is 28.8 Å². The molecule has 2 aliphatic heterocycles.